The van der Waals surface area contributed by atoms with Gasteiger partial charge < -0.3 is 13.8 Å². The van der Waals surface area contributed by atoms with Crippen LogP contribution in [0.4, 0.5) is 0 Å². The Morgan fingerprint density at radius 1 is 1.00 bits per heavy atom. The Morgan fingerprint density at radius 2 is 1.68 bits per heavy atom. The molecule has 0 unspecified atom stereocenters. The molecule has 0 N–H and O–H groups in total. The number of fused-ring (bicyclic) bond motifs is 1. The van der Waals surface area contributed by atoms with E-state index in [1.807, 2.05) is 30.3 Å². The van der Waals surface area contributed by atoms with Crippen LogP contribution in [0.1, 0.15) is 24.2 Å². The Hall–Kier alpha value is -2.53. The van der Waals surface area contributed by atoms with Crippen LogP contribution in [-0.2, 0) is 18.3 Å². The number of rotatable bonds is 7. The minimum absolute atomic E-state index is 0.258. The van der Waals surface area contributed by atoms with E-state index in [9.17, 15) is 9.36 Å². The van der Waals surface area contributed by atoms with Gasteiger partial charge in [-0.2, -0.15) is 0 Å². The molecular weight excluding hydrogens is 377 g/mol. The first-order valence-electron chi connectivity index (χ1n) is 9.00. The number of pyridine rings is 1. The molecule has 28 heavy (non-hydrogen) atoms. The highest BCUT2D eigenvalue weighted by Crippen LogP contribution is 2.47. The first-order valence-corrected chi connectivity index (χ1v) is 10.5. The van der Waals surface area contributed by atoms with Crippen molar-refractivity contribution in [3.05, 3.63) is 60.2 Å². The van der Waals surface area contributed by atoms with Crippen molar-refractivity contribution in [1.82, 2.24) is 4.98 Å². The number of aromatic nitrogens is 1. The molecule has 2 aromatic carbocycles. The van der Waals surface area contributed by atoms with Gasteiger partial charge in [-0.05, 0) is 38.1 Å². The summed E-state index contributed by atoms with van der Waals surface area (Å²) in [7, 11) is -2.11. The molecule has 0 amide bonds. The van der Waals surface area contributed by atoms with Crippen molar-refractivity contribution in [3.8, 4) is 11.3 Å². The van der Waals surface area contributed by atoms with E-state index < -0.39 is 13.6 Å². The van der Waals surface area contributed by atoms with Crippen LogP contribution in [0.15, 0.2) is 54.6 Å². The molecule has 3 rings (SSSR count). The highest BCUT2D eigenvalue weighted by Gasteiger charge is 2.27. The highest BCUT2D eigenvalue weighted by molar-refractivity contribution is 7.62. The summed E-state index contributed by atoms with van der Waals surface area (Å²) < 4.78 is 28.8. The molecule has 0 radical (unpaired) electrons. The van der Waals surface area contributed by atoms with E-state index in [1.165, 1.54) is 7.11 Å². The van der Waals surface area contributed by atoms with Crippen LogP contribution >= 0.6 is 7.60 Å². The number of benzene rings is 2. The van der Waals surface area contributed by atoms with Gasteiger partial charge in [0.2, 0.25) is 0 Å². The lowest BCUT2D eigenvalue weighted by Crippen LogP contribution is -2.11. The van der Waals surface area contributed by atoms with Crippen LogP contribution in [-0.4, -0.2) is 31.3 Å². The maximum atomic E-state index is 13.1. The number of carbonyl (C=O) groups is 1. The predicted molar refractivity (Wildman–Crippen MR) is 109 cm³/mol. The maximum absolute atomic E-state index is 13.1. The molecule has 6 nitrogen and oxygen atoms in total. The zero-order chi connectivity index (χ0) is 20.1. The van der Waals surface area contributed by atoms with Crippen molar-refractivity contribution in [2.45, 2.75) is 13.8 Å². The summed E-state index contributed by atoms with van der Waals surface area (Å²) in [6.45, 7) is 4.04. The Balaban J connectivity index is 2.20. The van der Waals surface area contributed by atoms with E-state index in [2.05, 4.69) is 4.98 Å². The molecule has 3 aromatic rings. The molecule has 0 atom stereocenters. The Morgan fingerprint density at radius 3 is 2.29 bits per heavy atom. The number of hydrogen-bond donors (Lipinski definition) is 0. The number of nitrogens with zero attached hydrogens (tertiary/aromatic N) is 1. The lowest BCUT2D eigenvalue weighted by molar-refractivity contribution is 0.0601. The minimum atomic E-state index is -3.44. The van der Waals surface area contributed by atoms with Gasteiger partial charge in [0.25, 0.3) is 0 Å². The summed E-state index contributed by atoms with van der Waals surface area (Å²) in [5, 5.41) is 1.07. The molecule has 7 heteroatoms. The van der Waals surface area contributed by atoms with E-state index in [0.29, 0.717) is 27.5 Å². The molecule has 146 valence electrons. The van der Waals surface area contributed by atoms with Crippen LogP contribution in [0.25, 0.3) is 22.2 Å². The lowest BCUT2D eigenvalue weighted by Gasteiger charge is -2.18. The molecule has 0 spiro atoms. The Kier molecular flexibility index (Phi) is 6.25. The summed E-state index contributed by atoms with van der Waals surface area (Å²) in [6.07, 6.45) is 0. The lowest BCUT2D eigenvalue weighted by atomic mass is 10.0. The third-order valence-corrected chi connectivity index (χ3v) is 6.27. The Labute approximate surface area is 164 Å². The molecule has 1 aromatic heterocycles. The quantitative estimate of drug-likeness (QED) is 0.428. The summed E-state index contributed by atoms with van der Waals surface area (Å²) in [5.41, 5.74) is 2.34. The third kappa shape index (κ3) is 3.99. The summed E-state index contributed by atoms with van der Waals surface area (Å²) in [4.78, 5) is 17.0. The van der Waals surface area contributed by atoms with E-state index in [0.717, 1.165) is 5.56 Å². The second-order valence-electron chi connectivity index (χ2n) is 5.95. The average Bonchev–Trinajstić information content (AvgIpc) is 2.72. The predicted octanol–water partition coefficient (Wildman–Crippen LogP) is 4.58. The number of esters is 1. The van der Waals surface area contributed by atoms with Gasteiger partial charge in [-0.3, -0.25) is 4.57 Å². The molecule has 0 aliphatic heterocycles. The normalized spacial score (nSPS) is 11.5. The fraction of sp³-hybridized carbons (Fsp3) is 0.238. The summed E-state index contributed by atoms with van der Waals surface area (Å²) in [5.74, 6) is -0.489. The van der Waals surface area contributed by atoms with Crippen LogP contribution in [0, 0.1) is 0 Å². The molecule has 0 bridgehead atoms. The maximum Gasteiger partial charge on any atom is 0.361 e. The monoisotopic (exact) mass is 399 g/mol. The van der Waals surface area contributed by atoms with E-state index >= 15 is 0 Å². The van der Waals surface area contributed by atoms with Gasteiger partial charge in [0.15, 0.2) is 0 Å². The van der Waals surface area contributed by atoms with Crippen molar-refractivity contribution in [3.63, 3.8) is 0 Å². The van der Waals surface area contributed by atoms with Crippen LogP contribution < -0.4 is 5.30 Å². The van der Waals surface area contributed by atoms with Gasteiger partial charge in [-0.15, -0.1) is 0 Å². The SMILES string of the molecule is CCOP(=O)(OCC)c1ccc2nc(-c3ccccc3)c(C(=O)OC)cc2c1. The van der Waals surface area contributed by atoms with E-state index in [1.54, 1.807) is 38.1 Å². The van der Waals surface area contributed by atoms with Crippen molar-refractivity contribution >= 4 is 29.8 Å². The molecule has 0 aliphatic rings. The summed E-state index contributed by atoms with van der Waals surface area (Å²) >= 11 is 0. The van der Waals surface area contributed by atoms with Crippen LogP contribution in [0.3, 0.4) is 0 Å². The summed E-state index contributed by atoms with van der Waals surface area (Å²) in [6, 6.07) is 16.3. The van der Waals surface area contributed by atoms with Gasteiger partial charge >= 0.3 is 13.6 Å². The zero-order valence-corrected chi connectivity index (χ0v) is 16.9. The molecule has 0 aliphatic carbocycles. The highest BCUT2D eigenvalue weighted by atomic mass is 31.2. The number of ether oxygens (including phenoxy) is 1. The van der Waals surface area contributed by atoms with E-state index in [-0.39, 0.29) is 13.2 Å². The van der Waals surface area contributed by atoms with Gasteiger partial charge in [0.05, 0.1) is 42.4 Å². The molecule has 0 fully saturated rings. The zero-order valence-electron chi connectivity index (χ0n) is 16.0. The standard InChI is InChI=1S/C21H22NO5P/c1-4-26-28(24,27-5-2)17-11-12-19-16(13-17)14-18(21(23)25-3)20(22-19)15-9-7-6-8-10-15/h6-14H,4-5H2,1-3H3. The minimum Gasteiger partial charge on any atom is -0.465 e. The smallest absolute Gasteiger partial charge is 0.361 e. The van der Waals surface area contributed by atoms with Crippen molar-refractivity contribution in [2.75, 3.05) is 20.3 Å². The fourth-order valence-corrected chi connectivity index (χ4v) is 4.55. The van der Waals surface area contributed by atoms with Crippen molar-refractivity contribution < 1.29 is 23.1 Å². The van der Waals surface area contributed by atoms with Crippen LogP contribution in [0.5, 0.6) is 0 Å². The number of hydrogen-bond acceptors (Lipinski definition) is 6. The van der Waals surface area contributed by atoms with Gasteiger partial charge in [0, 0.05) is 10.9 Å². The van der Waals surface area contributed by atoms with Gasteiger partial charge in [-0.1, -0.05) is 30.3 Å². The van der Waals surface area contributed by atoms with Crippen molar-refractivity contribution in [2.24, 2.45) is 0 Å². The first-order chi connectivity index (χ1) is 13.5. The van der Waals surface area contributed by atoms with Gasteiger partial charge in [0.1, 0.15) is 0 Å². The first kappa shape index (κ1) is 20.2. The second kappa shape index (κ2) is 8.65. The fourth-order valence-electron chi connectivity index (χ4n) is 2.94. The number of methoxy groups -OCH3 is 1. The Bertz CT molecular complexity index is 1030. The van der Waals surface area contributed by atoms with Crippen molar-refractivity contribution in [1.29, 1.82) is 0 Å². The average molecular weight is 399 g/mol. The largest absolute Gasteiger partial charge is 0.465 e. The topological polar surface area (TPSA) is 74.7 Å². The molecular formula is C21H22NO5P. The van der Waals surface area contributed by atoms with Gasteiger partial charge in [-0.25, -0.2) is 9.78 Å². The molecule has 0 saturated heterocycles. The second-order valence-corrected chi connectivity index (χ2v) is 7.98. The number of carbonyl (C=O) groups excluding carboxylic acids is 1. The molecule has 0 saturated carbocycles. The van der Waals surface area contributed by atoms with E-state index in [4.69, 9.17) is 13.8 Å². The third-order valence-electron chi connectivity index (χ3n) is 4.17. The van der Waals surface area contributed by atoms with Crippen LogP contribution in [0.2, 0.25) is 0 Å². The molecule has 1 heterocycles.